The summed E-state index contributed by atoms with van der Waals surface area (Å²) in [6.45, 7) is 3.95. The van der Waals surface area contributed by atoms with Gasteiger partial charge in [0.2, 0.25) is 0 Å². The number of hydrogen-bond acceptors (Lipinski definition) is 6. The van der Waals surface area contributed by atoms with Crippen LogP contribution in [-0.2, 0) is 13.0 Å². The summed E-state index contributed by atoms with van der Waals surface area (Å²) in [6.07, 6.45) is 4.08. The summed E-state index contributed by atoms with van der Waals surface area (Å²) in [5, 5.41) is 10.5. The third-order valence-electron chi connectivity index (χ3n) is 3.46. The second-order valence-corrected chi connectivity index (χ2v) is 5.42. The van der Waals surface area contributed by atoms with Gasteiger partial charge in [-0.25, -0.2) is 4.99 Å². The molecule has 0 unspecified atom stereocenters. The van der Waals surface area contributed by atoms with Gasteiger partial charge < -0.3 is 15.2 Å². The predicted octanol–water partition coefficient (Wildman–Crippen LogP) is 1.82. The minimum Gasteiger partial charge on any atom is -0.357 e. The molecule has 3 aromatic rings. The zero-order valence-corrected chi connectivity index (χ0v) is 14.6. The van der Waals surface area contributed by atoms with Crippen molar-refractivity contribution in [2.45, 2.75) is 19.9 Å². The van der Waals surface area contributed by atoms with E-state index in [-0.39, 0.29) is 0 Å². The Morgan fingerprint density at radius 1 is 1.08 bits per heavy atom. The summed E-state index contributed by atoms with van der Waals surface area (Å²) in [6, 6.07) is 11.4. The highest BCUT2D eigenvalue weighted by Gasteiger charge is 2.09. The van der Waals surface area contributed by atoms with Crippen LogP contribution in [0.3, 0.4) is 0 Å². The molecule has 8 heteroatoms. The standard InChI is InChI=1S/C18H21N7O/c1-2-19-18(23-13-14-7-3-5-10-20-14)22-12-9-16-24-17(26-25-16)15-8-4-6-11-21-15/h3-8,10-11H,2,9,12-13H2,1H3,(H2,19,22,23). The molecule has 0 radical (unpaired) electrons. The molecule has 0 aliphatic heterocycles. The minimum atomic E-state index is 0.427. The van der Waals surface area contributed by atoms with Crippen molar-refractivity contribution >= 4 is 5.96 Å². The Morgan fingerprint density at radius 2 is 1.92 bits per heavy atom. The molecule has 0 saturated carbocycles. The van der Waals surface area contributed by atoms with E-state index in [0.717, 1.165) is 18.2 Å². The lowest BCUT2D eigenvalue weighted by molar-refractivity contribution is 0.421. The zero-order chi connectivity index (χ0) is 18.0. The van der Waals surface area contributed by atoms with Crippen LogP contribution < -0.4 is 10.6 Å². The van der Waals surface area contributed by atoms with E-state index in [1.807, 2.05) is 43.3 Å². The normalized spacial score (nSPS) is 11.3. The Balaban J connectivity index is 1.52. The van der Waals surface area contributed by atoms with Gasteiger partial charge in [0, 0.05) is 31.9 Å². The molecular formula is C18H21N7O. The fraction of sp³-hybridized carbons (Fsp3) is 0.278. The van der Waals surface area contributed by atoms with Gasteiger partial charge in [-0.3, -0.25) is 9.97 Å². The van der Waals surface area contributed by atoms with Crippen molar-refractivity contribution in [3.05, 3.63) is 60.3 Å². The van der Waals surface area contributed by atoms with Gasteiger partial charge in [-0.1, -0.05) is 17.3 Å². The number of rotatable bonds is 7. The summed E-state index contributed by atoms with van der Waals surface area (Å²) < 4.78 is 5.26. The van der Waals surface area contributed by atoms with Crippen molar-refractivity contribution < 1.29 is 4.52 Å². The predicted molar refractivity (Wildman–Crippen MR) is 98.3 cm³/mol. The number of aliphatic imine (C=N–C) groups is 1. The molecule has 134 valence electrons. The van der Waals surface area contributed by atoms with Crippen molar-refractivity contribution in [2.75, 3.05) is 13.1 Å². The second-order valence-electron chi connectivity index (χ2n) is 5.42. The molecule has 0 atom stereocenters. The molecule has 0 spiro atoms. The number of nitrogens with one attached hydrogen (secondary N) is 2. The summed E-state index contributed by atoms with van der Waals surface area (Å²) in [7, 11) is 0. The first-order valence-electron chi connectivity index (χ1n) is 8.51. The molecule has 26 heavy (non-hydrogen) atoms. The number of hydrogen-bond donors (Lipinski definition) is 2. The molecule has 3 rings (SSSR count). The van der Waals surface area contributed by atoms with Crippen LogP contribution in [0.1, 0.15) is 18.4 Å². The third-order valence-corrected chi connectivity index (χ3v) is 3.46. The number of pyridine rings is 2. The first-order chi connectivity index (χ1) is 12.8. The van der Waals surface area contributed by atoms with Gasteiger partial charge in [-0.15, -0.1) is 0 Å². The molecule has 8 nitrogen and oxygen atoms in total. The molecule has 0 bridgehead atoms. The maximum atomic E-state index is 5.26. The number of nitrogens with zero attached hydrogens (tertiary/aromatic N) is 5. The SMILES string of the molecule is CCNC(=NCc1ccccn1)NCCc1noc(-c2ccccn2)n1. The molecule has 0 aromatic carbocycles. The van der Waals surface area contributed by atoms with Gasteiger partial charge in [-0.2, -0.15) is 4.98 Å². The van der Waals surface area contributed by atoms with Crippen LogP contribution in [0, 0.1) is 0 Å². The molecule has 3 aromatic heterocycles. The lowest BCUT2D eigenvalue weighted by Gasteiger charge is -2.10. The first-order valence-corrected chi connectivity index (χ1v) is 8.51. The highest BCUT2D eigenvalue weighted by molar-refractivity contribution is 5.79. The van der Waals surface area contributed by atoms with E-state index in [0.29, 0.717) is 36.9 Å². The van der Waals surface area contributed by atoms with Crippen LogP contribution in [0.5, 0.6) is 0 Å². The molecular weight excluding hydrogens is 330 g/mol. The lowest BCUT2D eigenvalue weighted by Crippen LogP contribution is -2.38. The van der Waals surface area contributed by atoms with Crippen LogP contribution in [0.2, 0.25) is 0 Å². The molecule has 0 saturated heterocycles. The van der Waals surface area contributed by atoms with E-state index < -0.39 is 0 Å². The van der Waals surface area contributed by atoms with E-state index in [1.165, 1.54) is 0 Å². The van der Waals surface area contributed by atoms with E-state index in [2.05, 4.69) is 35.7 Å². The zero-order valence-electron chi connectivity index (χ0n) is 14.6. The van der Waals surface area contributed by atoms with Gasteiger partial charge in [0.15, 0.2) is 11.8 Å². The molecule has 0 fully saturated rings. The van der Waals surface area contributed by atoms with E-state index >= 15 is 0 Å². The summed E-state index contributed by atoms with van der Waals surface area (Å²) in [5.41, 5.74) is 1.59. The maximum absolute atomic E-state index is 5.26. The average molecular weight is 351 g/mol. The fourth-order valence-corrected chi connectivity index (χ4v) is 2.23. The first kappa shape index (κ1) is 17.5. The van der Waals surface area contributed by atoms with E-state index in [9.17, 15) is 0 Å². The van der Waals surface area contributed by atoms with Crippen LogP contribution in [0.4, 0.5) is 0 Å². The highest BCUT2D eigenvalue weighted by Crippen LogP contribution is 2.13. The Morgan fingerprint density at radius 3 is 2.65 bits per heavy atom. The molecule has 2 N–H and O–H groups in total. The largest absolute Gasteiger partial charge is 0.357 e. The summed E-state index contributed by atoms with van der Waals surface area (Å²) in [5.74, 6) is 1.78. The van der Waals surface area contributed by atoms with Gasteiger partial charge in [0.1, 0.15) is 5.69 Å². The molecule has 0 aliphatic carbocycles. The van der Waals surface area contributed by atoms with Crippen molar-refractivity contribution in [3.63, 3.8) is 0 Å². The van der Waals surface area contributed by atoms with Crippen molar-refractivity contribution in [1.29, 1.82) is 0 Å². The van der Waals surface area contributed by atoms with Gasteiger partial charge in [0.25, 0.3) is 5.89 Å². The molecule has 0 aliphatic rings. The second kappa shape index (κ2) is 9.26. The Bertz CT molecular complexity index is 818. The quantitative estimate of drug-likeness (QED) is 0.494. The molecule has 0 amide bonds. The Kier molecular flexibility index (Phi) is 6.24. The number of aromatic nitrogens is 4. The topological polar surface area (TPSA) is 101 Å². The fourth-order valence-electron chi connectivity index (χ4n) is 2.23. The third kappa shape index (κ3) is 5.10. The average Bonchev–Trinajstić information content (AvgIpc) is 3.16. The van der Waals surface area contributed by atoms with Crippen LogP contribution >= 0.6 is 0 Å². The Hall–Kier alpha value is -3.29. The van der Waals surface area contributed by atoms with Crippen LogP contribution in [0.15, 0.2) is 58.3 Å². The van der Waals surface area contributed by atoms with Crippen LogP contribution in [0.25, 0.3) is 11.6 Å². The van der Waals surface area contributed by atoms with Crippen molar-refractivity contribution in [2.24, 2.45) is 4.99 Å². The maximum Gasteiger partial charge on any atom is 0.276 e. The summed E-state index contributed by atoms with van der Waals surface area (Å²) in [4.78, 5) is 17.4. The van der Waals surface area contributed by atoms with E-state index in [4.69, 9.17) is 4.52 Å². The van der Waals surface area contributed by atoms with Crippen LogP contribution in [-0.4, -0.2) is 39.2 Å². The van der Waals surface area contributed by atoms with Gasteiger partial charge in [-0.05, 0) is 31.2 Å². The molecule has 3 heterocycles. The Labute approximate surface area is 151 Å². The monoisotopic (exact) mass is 351 g/mol. The van der Waals surface area contributed by atoms with E-state index in [1.54, 1.807) is 12.4 Å². The lowest BCUT2D eigenvalue weighted by atomic mass is 10.3. The number of guanidine groups is 1. The minimum absolute atomic E-state index is 0.427. The summed E-state index contributed by atoms with van der Waals surface area (Å²) >= 11 is 0. The van der Waals surface area contributed by atoms with Gasteiger partial charge >= 0.3 is 0 Å². The van der Waals surface area contributed by atoms with Crippen molar-refractivity contribution in [1.82, 2.24) is 30.7 Å². The smallest absolute Gasteiger partial charge is 0.276 e. The highest BCUT2D eigenvalue weighted by atomic mass is 16.5. The van der Waals surface area contributed by atoms with Gasteiger partial charge in [0.05, 0.1) is 12.2 Å². The van der Waals surface area contributed by atoms with Crippen molar-refractivity contribution in [3.8, 4) is 11.6 Å².